The van der Waals surface area contributed by atoms with Gasteiger partial charge in [-0.05, 0) is 68.3 Å². The van der Waals surface area contributed by atoms with Gasteiger partial charge in [0.05, 0.1) is 18.2 Å². The molecule has 3 fully saturated rings. The largest absolute Gasteiger partial charge is 0.490 e. The summed E-state index contributed by atoms with van der Waals surface area (Å²) < 4.78 is 25.6. The number of epoxide rings is 1. The van der Waals surface area contributed by atoms with Crippen LogP contribution < -0.4 is 4.74 Å². The predicted molar refractivity (Wildman–Crippen MR) is 116 cm³/mol. The van der Waals surface area contributed by atoms with Gasteiger partial charge in [-0.25, -0.2) is 4.39 Å². The summed E-state index contributed by atoms with van der Waals surface area (Å²) >= 11 is 6.16. The van der Waals surface area contributed by atoms with Gasteiger partial charge in [0.2, 0.25) is 0 Å². The molecule has 0 aromatic heterocycles. The third-order valence-corrected chi connectivity index (χ3v) is 8.03. The Morgan fingerprint density at radius 3 is 2.21 bits per heavy atom. The van der Waals surface area contributed by atoms with E-state index in [1.54, 1.807) is 6.07 Å². The zero-order valence-corrected chi connectivity index (χ0v) is 18.6. The highest BCUT2D eigenvalue weighted by Crippen LogP contribution is 2.43. The van der Waals surface area contributed by atoms with E-state index in [4.69, 9.17) is 21.1 Å². The summed E-state index contributed by atoms with van der Waals surface area (Å²) in [6, 6.07) is 3.55. The van der Waals surface area contributed by atoms with Crippen molar-refractivity contribution >= 4 is 11.6 Å². The van der Waals surface area contributed by atoms with Crippen LogP contribution in [0.15, 0.2) is 12.1 Å². The average molecular weight is 423 g/mol. The summed E-state index contributed by atoms with van der Waals surface area (Å²) in [6.07, 6.45) is 15.0. The lowest BCUT2D eigenvalue weighted by atomic mass is 9.69. The van der Waals surface area contributed by atoms with Crippen LogP contribution in [-0.4, -0.2) is 13.2 Å². The Hall–Kier alpha value is -0.800. The van der Waals surface area contributed by atoms with Gasteiger partial charge in [-0.15, -0.1) is 0 Å². The second-order valence-electron chi connectivity index (χ2n) is 9.62. The van der Waals surface area contributed by atoms with Gasteiger partial charge in [-0.3, -0.25) is 0 Å². The van der Waals surface area contributed by atoms with E-state index in [0.717, 1.165) is 23.3 Å². The van der Waals surface area contributed by atoms with E-state index < -0.39 is 5.82 Å². The van der Waals surface area contributed by atoms with Crippen molar-refractivity contribution in [1.29, 1.82) is 0 Å². The minimum absolute atomic E-state index is 0.0389. The first-order valence-electron chi connectivity index (χ1n) is 11.9. The normalized spacial score (nSPS) is 32.2. The van der Waals surface area contributed by atoms with Crippen LogP contribution in [0.2, 0.25) is 5.02 Å². The zero-order chi connectivity index (χ0) is 20.2. The maximum Gasteiger partial charge on any atom is 0.183 e. The van der Waals surface area contributed by atoms with E-state index in [1.165, 1.54) is 70.6 Å². The van der Waals surface area contributed by atoms with Crippen LogP contribution in [0, 0.1) is 29.5 Å². The van der Waals surface area contributed by atoms with Gasteiger partial charge in [0.1, 0.15) is 6.10 Å². The van der Waals surface area contributed by atoms with Crippen LogP contribution in [0.4, 0.5) is 4.39 Å². The third kappa shape index (κ3) is 5.47. The van der Waals surface area contributed by atoms with E-state index in [2.05, 4.69) is 6.92 Å². The first-order chi connectivity index (χ1) is 14.2. The molecule has 162 valence electrons. The summed E-state index contributed by atoms with van der Waals surface area (Å²) in [5.41, 5.74) is 0.737. The van der Waals surface area contributed by atoms with Crippen LogP contribution in [-0.2, 0) is 4.74 Å². The fourth-order valence-corrected chi connectivity index (χ4v) is 5.89. The van der Waals surface area contributed by atoms with Crippen LogP contribution in [0.5, 0.6) is 5.75 Å². The molecule has 29 heavy (non-hydrogen) atoms. The van der Waals surface area contributed by atoms with E-state index in [1.807, 2.05) is 6.07 Å². The van der Waals surface area contributed by atoms with E-state index in [9.17, 15) is 4.39 Å². The van der Waals surface area contributed by atoms with Crippen molar-refractivity contribution in [3.8, 4) is 5.75 Å². The van der Waals surface area contributed by atoms with Gasteiger partial charge in [-0.2, -0.15) is 0 Å². The molecule has 1 heterocycles. The molecule has 1 aliphatic heterocycles. The molecular weight excluding hydrogens is 387 g/mol. The van der Waals surface area contributed by atoms with E-state index in [-0.39, 0.29) is 16.9 Å². The van der Waals surface area contributed by atoms with Crippen molar-refractivity contribution in [2.24, 2.45) is 23.7 Å². The monoisotopic (exact) mass is 422 g/mol. The Kier molecular flexibility index (Phi) is 7.39. The first kappa shape index (κ1) is 21.4. The highest BCUT2D eigenvalue weighted by molar-refractivity contribution is 6.31. The molecule has 1 atom stereocenters. The topological polar surface area (TPSA) is 21.8 Å². The quantitative estimate of drug-likeness (QED) is 0.399. The smallest absolute Gasteiger partial charge is 0.183 e. The van der Waals surface area contributed by atoms with Gasteiger partial charge in [-0.1, -0.05) is 56.7 Å². The molecule has 4 rings (SSSR count). The number of hydrogen-bond acceptors (Lipinski definition) is 2. The minimum Gasteiger partial charge on any atom is -0.490 e. The summed E-state index contributed by atoms with van der Waals surface area (Å²) in [5, 5.41) is 0.156. The average Bonchev–Trinajstić information content (AvgIpc) is 3.59. The molecule has 2 saturated carbocycles. The number of hydrogen-bond donors (Lipinski definition) is 0. The molecule has 1 unspecified atom stereocenters. The van der Waals surface area contributed by atoms with E-state index >= 15 is 0 Å². The molecule has 0 N–H and O–H groups in total. The summed E-state index contributed by atoms with van der Waals surface area (Å²) in [5.74, 6) is 3.23. The van der Waals surface area contributed by atoms with Crippen molar-refractivity contribution < 1.29 is 13.9 Å². The SMILES string of the molecule is CCCCC1CCC(C2CCC(COc3ccc(C4CO4)c(Cl)c3F)CC2)CC1. The lowest BCUT2D eigenvalue weighted by Gasteiger charge is -2.38. The molecule has 4 heteroatoms. The predicted octanol–water partition coefficient (Wildman–Crippen LogP) is 7.73. The summed E-state index contributed by atoms with van der Waals surface area (Å²) in [4.78, 5) is 0. The lowest BCUT2D eigenvalue weighted by molar-refractivity contribution is 0.120. The van der Waals surface area contributed by atoms with Crippen LogP contribution in [0.1, 0.15) is 89.2 Å². The standard InChI is InChI=1S/C25H36ClFO2/c1-2-3-4-17-5-9-19(10-6-17)20-11-7-18(8-12-20)15-28-22-14-13-21(23-16-29-23)24(26)25(22)27/h13-14,17-20,23H,2-12,15-16H2,1H3. The molecule has 1 saturated heterocycles. The Bertz CT molecular complexity index is 659. The summed E-state index contributed by atoms with van der Waals surface area (Å²) in [7, 11) is 0. The fraction of sp³-hybridized carbons (Fsp3) is 0.760. The molecular formula is C25H36ClFO2. The Balaban J connectivity index is 1.19. The molecule has 1 aromatic rings. The molecule has 1 aromatic carbocycles. The van der Waals surface area contributed by atoms with Crippen molar-refractivity contribution in [3.63, 3.8) is 0 Å². The molecule has 0 bridgehead atoms. The minimum atomic E-state index is -0.437. The van der Waals surface area contributed by atoms with Gasteiger partial charge in [0, 0.05) is 5.56 Å². The highest BCUT2D eigenvalue weighted by atomic mass is 35.5. The zero-order valence-electron chi connectivity index (χ0n) is 17.8. The van der Waals surface area contributed by atoms with Crippen LogP contribution >= 0.6 is 11.6 Å². The van der Waals surface area contributed by atoms with Crippen LogP contribution in [0.25, 0.3) is 0 Å². The molecule has 2 aliphatic carbocycles. The number of benzene rings is 1. The lowest BCUT2D eigenvalue weighted by Crippen LogP contribution is -2.27. The Morgan fingerprint density at radius 1 is 1.00 bits per heavy atom. The second kappa shape index (κ2) is 10.0. The fourth-order valence-electron chi connectivity index (χ4n) is 5.61. The number of unbranched alkanes of at least 4 members (excludes halogenated alkanes) is 1. The molecule has 0 spiro atoms. The maximum atomic E-state index is 14.5. The van der Waals surface area contributed by atoms with Crippen LogP contribution in [0.3, 0.4) is 0 Å². The molecule has 3 aliphatic rings. The molecule has 0 radical (unpaired) electrons. The van der Waals surface area contributed by atoms with Gasteiger partial charge in [0.15, 0.2) is 11.6 Å². The van der Waals surface area contributed by atoms with Gasteiger partial charge >= 0.3 is 0 Å². The maximum absolute atomic E-state index is 14.5. The highest BCUT2D eigenvalue weighted by Gasteiger charge is 2.32. The van der Waals surface area contributed by atoms with Gasteiger partial charge in [0.25, 0.3) is 0 Å². The van der Waals surface area contributed by atoms with E-state index in [0.29, 0.717) is 19.1 Å². The van der Waals surface area contributed by atoms with Crippen molar-refractivity contribution in [1.82, 2.24) is 0 Å². The van der Waals surface area contributed by atoms with Crippen molar-refractivity contribution in [2.75, 3.05) is 13.2 Å². The van der Waals surface area contributed by atoms with Crippen molar-refractivity contribution in [2.45, 2.75) is 83.7 Å². The second-order valence-corrected chi connectivity index (χ2v) is 10.00. The molecule has 2 nitrogen and oxygen atoms in total. The number of rotatable bonds is 8. The van der Waals surface area contributed by atoms with Gasteiger partial charge < -0.3 is 9.47 Å². The first-order valence-corrected chi connectivity index (χ1v) is 12.3. The molecule has 0 amide bonds. The van der Waals surface area contributed by atoms with Crippen molar-refractivity contribution in [3.05, 3.63) is 28.5 Å². The summed E-state index contributed by atoms with van der Waals surface area (Å²) in [6.45, 7) is 3.53. The number of ether oxygens (including phenoxy) is 2. The Morgan fingerprint density at radius 2 is 1.62 bits per heavy atom. The Labute approximate surface area is 180 Å². The number of halogens is 2. The third-order valence-electron chi connectivity index (χ3n) is 7.65.